The van der Waals surface area contributed by atoms with Crippen LogP contribution in [0, 0.1) is 30.1 Å². The van der Waals surface area contributed by atoms with Gasteiger partial charge in [0.05, 0.1) is 27.1 Å². The molecule has 1 aromatic heterocycles. The first-order valence-corrected chi connectivity index (χ1v) is 13.1. The molecule has 4 atom stereocenters. The van der Waals surface area contributed by atoms with Crippen LogP contribution in [0.5, 0.6) is 5.88 Å². The lowest BCUT2D eigenvalue weighted by atomic mass is 9.50. The fourth-order valence-corrected chi connectivity index (χ4v) is 7.06. The third kappa shape index (κ3) is 4.06. The number of aromatic nitrogens is 1. The molecule has 4 heterocycles. The van der Waals surface area contributed by atoms with Crippen LogP contribution in [-0.2, 0) is 0 Å². The predicted octanol–water partition coefficient (Wildman–Crippen LogP) is 3.83. The second-order valence-corrected chi connectivity index (χ2v) is 11.6. The van der Waals surface area contributed by atoms with Crippen LogP contribution < -0.4 is 21.1 Å². The van der Waals surface area contributed by atoms with Gasteiger partial charge in [-0.1, -0.05) is 6.92 Å². The van der Waals surface area contributed by atoms with Crippen molar-refractivity contribution in [3.05, 3.63) is 45.6 Å². The predicted molar refractivity (Wildman–Crippen MR) is 135 cm³/mol. The van der Waals surface area contributed by atoms with Gasteiger partial charge in [-0.25, -0.2) is 4.98 Å². The van der Waals surface area contributed by atoms with E-state index in [0.717, 1.165) is 11.4 Å². The minimum Gasteiger partial charge on any atom is -0.467 e. The smallest absolute Gasteiger partial charge is 0.422 e. The first kappa shape index (κ1) is 25.2. The molecule has 3 aliphatic heterocycles. The van der Waals surface area contributed by atoms with Crippen LogP contribution in [0.4, 0.5) is 24.5 Å². The summed E-state index contributed by atoms with van der Waals surface area (Å²) in [4.78, 5) is 34.5. The molecular formula is C25H26BrF3N6O3. The van der Waals surface area contributed by atoms with Gasteiger partial charge in [0.1, 0.15) is 0 Å². The number of hydrogen-bond acceptors (Lipinski definition) is 7. The molecule has 0 unspecified atom stereocenters. The van der Waals surface area contributed by atoms with E-state index in [1.54, 1.807) is 6.92 Å². The van der Waals surface area contributed by atoms with Gasteiger partial charge in [-0.05, 0) is 70.3 Å². The van der Waals surface area contributed by atoms with Crippen molar-refractivity contribution in [2.75, 3.05) is 43.6 Å². The van der Waals surface area contributed by atoms with Gasteiger partial charge in [-0.15, -0.1) is 5.53 Å². The second kappa shape index (κ2) is 8.73. The Morgan fingerprint density at radius 2 is 1.82 bits per heavy atom. The molecule has 202 valence electrons. The molecule has 2 amide bonds. The van der Waals surface area contributed by atoms with E-state index in [1.807, 2.05) is 28.0 Å². The quantitative estimate of drug-likeness (QED) is 0.495. The third-order valence-electron chi connectivity index (χ3n) is 8.50. The first-order valence-electron chi connectivity index (χ1n) is 12.3. The molecule has 4 aliphatic rings. The zero-order chi connectivity index (χ0) is 27.0. The van der Waals surface area contributed by atoms with Crippen molar-refractivity contribution in [3.63, 3.8) is 0 Å². The van der Waals surface area contributed by atoms with Crippen LogP contribution >= 0.6 is 15.9 Å². The summed E-state index contributed by atoms with van der Waals surface area (Å²) in [6.07, 6.45) is -4.49. The number of pyridine rings is 1. The number of fused-ring (bicyclic) bond motifs is 5. The number of hydrogen-bond donors (Lipinski definition) is 3. The topological polar surface area (TPSA) is 98.8 Å². The molecular weight excluding hydrogens is 569 g/mol. The number of alkyl halides is 3. The highest BCUT2D eigenvalue weighted by Crippen LogP contribution is 2.62. The van der Waals surface area contributed by atoms with E-state index in [9.17, 15) is 22.8 Å². The molecule has 1 aromatic carbocycles. The Balaban J connectivity index is 1.12. The fourth-order valence-electron chi connectivity index (χ4n) is 6.63. The average molecular weight is 595 g/mol. The highest BCUT2D eigenvalue weighted by atomic mass is 79.9. The highest BCUT2D eigenvalue weighted by molar-refractivity contribution is 9.10. The van der Waals surface area contributed by atoms with Crippen LogP contribution in [0.1, 0.15) is 33.3 Å². The van der Waals surface area contributed by atoms with Crippen LogP contribution in [-0.4, -0.2) is 65.6 Å². The number of halogens is 4. The third-order valence-corrected chi connectivity index (χ3v) is 9.07. The zero-order valence-corrected chi connectivity index (χ0v) is 22.2. The summed E-state index contributed by atoms with van der Waals surface area (Å²) < 4.78 is 42.6. The van der Waals surface area contributed by atoms with Crippen LogP contribution in [0.25, 0.3) is 0 Å². The number of aryl methyl sites for hydroxylation is 1. The van der Waals surface area contributed by atoms with Gasteiger partial charge in [-0.3, -0.25) is 9.59 Å². The van der Waals surface area contributed by atoms with Crippen molar-refractivity contribution >= 4 is 39.1 Å². The van der Waals surface area contributed by atoms with Gasteiger partial charge in [0.25, 0.3) is 11.8 Å². The van der Waals surface area contributed by atoms with Gasteiger partial charge < -0.3 is 25.4 Å². The number of amides is 2. The molecule has 1 saturated carbocycles. The Labute approximate surface area is 225 Å². The van der Waals surface area contributed by atoms with Crippen molar-refractivity contribution in [2.24, 2.45) is 23.2 Å². The van der Waals surface area contributed by atoms with E-state index in [2.05, 4.69) is 44.2 Å². The number of ether oxygens (including phenoxy) is 1. The fraction of sp³-hybridized carbons (Fsp3) is 0.480. The molecule has 2 aromatic rings. The summed E-state index contributed by atoms with van der Waals surface area (Å²) in [5.41, 5.74) is 11.6. The van der Waals surface area contributed by atoms with Gasteiger partial charge in [0.15, 0.2) is 6.61 Å². The molecule has 0 radical (unpaired) electrons. The molecule has 9 nitrogen and oxygen atoms in total. The number of benzene rings is 1. The van der Waals surface area contributed by atoms with Gasteiger partial charge in [-0.2, -0.15) is 13.2 Å². The van der Waals surface area contributed by atoms with Crippen LogP contribution in [0.3, 0.4) is 0 Å². The molecule has 13 heteroatoms. The van der Waals surface area contributed by atoms with E-state index in [-0.39, 0.29) is 33.5 Å². The number of anilines is 2. The Kier molecular flexibility index (Phi) is 5.80. The minimum absolute atomic E-state index is 0.00453. The molecule has 0 bridgehead atoms. The van der Waals surface area contributed by atoms with Gasteiger partial charge >= 0.3 is 6.18 Å². The monoisotopic (exact) mass is 594 g/mol. The number of nitrogens with zero attached hydrogens (tertiary/aromatic N) is 3. The summed E-state index contributed by atoms with van der Waals surface area (Å²) in [6, 6.07) is 7.00. The Bertz CT molecular complexity index is 1340. The number of rotatable bonds is 4. The number of nitrogens with one attached hydrogen (secondary N) is 3. The lowest BCUT2D eigenvalue weighted by Crippen LogP contribution is -2.53. The molecule has 3 N–H and O–H groups in total. The van der Waals surface area contributed by atoms with E-state index in [0.29, 0.717) is 54.8 Å². The lowest BCUT2D eigenvalue weighted by Gasteiger charge is -2.52. The van der Waals surface area contributed by atoms with Gasteiger partial charge in [0.2, 0.25) is 5.88 Å². The van der Waals surface area contributed by atoms with Crippen molar-refractivity contribution < 1.29 is 27.5 Å². The molecule has 2 saturated heterocycles. The minimum atomic E-state index is -4.49. The summed E-state index contributed by atoms with van der Waals surface area (Å²) in [5.74, 6) is 0.500. The van der Waals surface area contributed by atoms with Crippen molar-refractivity contribution in [2.45, 2.75) is 20.0 Å². The Morgan fingerprint density at radius 1 is 1.11 bits per heavy atom. The van der Waals surface area contributed by atoms with Crippen molar-refractivity contribution in [3.8, 4) is 5.88 Å². The average Bonchev–Trinajstić information content (AvgIpc) is 3.57. The summed E-state index contributed by atoms with van der Waals surface area (Å²) in [6.45, 7) is 4.75. The maximum absolute atomic E-state index is 13.4. The lowest BCUT2D eigenvalue weighted by molar-refractivity contribution is -0.154. The maximum atomic E-state index is 13.4. The highest BCUT2D eigenvalue weighted by Gasteiger charge is 2.66. The standard InChI is InChI=1S/C25H26BrF3N6O3/c1-12-14(6-18(26)21(30-12)38-11-25(27,28)29)23(37)35-9-17-15-7-34(8-16(15)24(17,2)10-35)22(36)13-3-4-19-20(5-13)32-33-31-19/h3-6,15-17,31-33H,7-11H2,1-2H3/t15-,16+,17+,24-/m1/s1. The normalized spacial score (nSPS) is 27.2. The molecule has 1 aliphatic carbocycles. The maximum Gasteiger partial charge on any atom is 0.422 e. The van der Waals surface area contributed by atoms with Gasteiger partial charge in [0, 0.05) is 31.7 Å². The number of carbonyl (C=O) groups is 2. The zero-order valence-electron chi connectivity index (χ0n) is 20.7. The van der Waals surface area contributed by atoms with Crippen LogP contribution in [0.15, 0.2) is 28.7 Å². The van der Waals surface area contributed by atoms with Crippen LogP contribution in [0.2, 0.25) is 0 Å². The SMILES string of the molecule is Cc1nc(OCC(F)(F)F)c(Br)cc1C(=O)N1C[C@H]2[C@@H]3CN(C(=O)c4ccc5c(c4)NNN5)C[C@@H]3[C@@]2(C)C1. The summed E-state index contributed by atoms with van der Waals surface area (Å²) in [7, 11) is 0. The van der Waals surface area contributed by atoms with E-state index < -0.39 is 12.8 Å². The number of hydrazine groups is 2. The molecule has 38 heavy (non-hydrogen) atoms. The second-order valence-electron chi connectivity index (χ2n) is 10.7. The van der Waals surface area contributed by atoms with E-state index >= 15 is 0 Å². The van der Waals surface area contributed by atoms with Crippen molar-refractivity contribution in [1.82, 2.24) is 20.3 Å². The number of likely N-dealkylation sites (tertiary alicyclic amines) is 2. The van der Waals surface area contributed by atoms with E-state index in [4.69, 9.17) is 4.74 Å². The largest absolute Gasteiger partial charge is 0.467 e. The first-order chi connectivity index (χ1) is 17.9. The van der Waals surface area contributed by atoms with Crippen molar-refractivity contribution in [1.29, 1.82) is 0 Å². The molecule has 3 fully saturated rings. The molecule has 0 spiro atoms. The molecule has 6 rings (SSSR count). The Morgan fingerprint density at radius 3 is 2.55 bits per heavy atom. The summed E-state index contributed by atoms with van der Waals surface area (Å²) in [5, 5.41) is 0. The Hall–Kier alpha value is -3.06. The van der Waals surface area contributed by atoms with E-state index in [1.165, 1.54) is 6.07 Å². The number of carbonyl (C=O) groups excluding carboxylic acids is 2. The summed E-state index contributed by atoms with van der Waals surface area (Å²) >= 11 is 3.19.